The monoisotopic (exact) mass is 613 g/mol. The van der Waals surface area contributed by atoms with Gasteiger partial charge in [-0.25, -0.2) is 14.4 Å². The molecule has 0 radical (unpaired) electrons. The van der Waals surface area contributed by atoms with Gasteiger partial charge >= 0.3 is 28.5 Å². The molecule has 3 unspecified atom stereocenters. The number of nitrogens with zero attached hydrogens (tertiary/aromatic N) is 2. The minimum atomic E-state index is -4.92. The van der Waals surface area contributed by atoms with Crippen molar-refractivity contribution in [1.82, 2.24) is 26.1 Å². The summed E-state index contributed by atoms with van der Waals surface area (Å²) in [6, 6.07) is 2.51. The number of ether oxygens (including phenoxy) is 2. The molecule has 0 aromatic heterocycles. The number of esters is 1. The van der Waals surface area contributed by atoms with Crippen molar-refractivity contribution in [3.8, 4) is 5.75 Å². The van der Waals surface area contributed by atoms with Gasteiger partial charge in [0.15, 0.2) is 0 Å². The van der Waals surface area contributed by atoms with Crippen LogP contribution in [0.4, 0.5) is 9.59 Å². The molecule has 0 spiro atoms. The number of amides is 5. The van der Waals surface area contributed by atoms with Gasteiger partial charge in [0.05, 0.1) is 12.5 Å². The van der Waals surface area contributed by atoms with Gasteiger partial charge in [-0.05, 0) is 57.2 Å². The molecule has 17 heteroatoms. The number of fused-ring (bicyclic) bond motifs is 2. The summed E-state index contributed by atoms with van der Waals surface area (Å²) < 4.78 is 45.8. The highest BCUT2D eigenvalue weighted by atomic mass is 32.3. The van der Waals surface area contributed by atoms with Crippen molar-refractivity contribution in [3.05, 3.63) is 29.8 Å². The maximum atomic E-state index is 12.6. The molecule has 2 aliphatic rings. The summed E-state index contributed by atoms with van der Waals surface area (Å²) in [7, 11) is -4.92. The van der Waals surface area contributed by atoms with Gasteiger partial charge in [-0.2, -0.15) is 13.5 Å². The molecule has 3 rings (SSSR count). The van der Waals surface area contributed by atoms with E-state index in [9.17, 15) is 32.4 Å². The van der Waals surface area contributed by atoms with Crippen LogP contribution in [0, 0.1) is 5.92 Å². The standard InChI is InChI=1S/C25H35N5O11S/c1-14(2)20(22(33)40-25(3,4)5)26-23(34)39-17-9-6-15(7-10-17)12-19(31)27-28-21(32)18-11-8-16-13-29(18)24(35)30(16)41-42(36,37)38/h6-7,9-10,14,16,18,20H,8,11-13H2,1-5H3,(H,26,34)(H,27,31)(H,28,32)(H,36,37,38). The first kappa shape index (κ1) is 32.6. The van der Waals surface area contributed by atoms with E-state index < -0.39 is 64.0 Å². The van der Waals surface area contributed by atoms with Gasteiger partial charge in [0, 0.05) is 6.54 Å². The zero-order valence-corrected chi connectivity index (χ0v) is 24.6. The molecule has 5 amide bonds. The van der Waals surface area contributed by atoms with Gasteiger partial charge in [0.2, 0.25) is 5.91 Å². The van der Waals surface area contributed by atoms with Crippen LogP contribution >= 0.6 is 0 Å². The van der Waals surface area contributed by atoms with E-state index in [1.807, 2.05) is 0 Å². The molecule has 16 nitrogen and oxygen atoms in total. The number of urea groups is 1. The van der Waals surface area contributed by atoms with Crippen LogP contribution in [-0.4, -0.2) is 83.1 Å². The second-order valence-corrected chi connectivity index (χ2v) is 12.2. The molecule has 2 aliphatic heterocycles. The molecule has 1 aromatic carbocycles. The Morgan fingerprint density at radius 2 is 1.71 bits per heavy atom. The van der Waals surface area contributed by atoms with Crippen LogP contribution in [0.25, 0.3) is 0 Å². The van der Waals surface area contributed by atoms with Crippen molar-refractivity contribution in [2.45, 2.75) is 77.6 Å². The summed E-state index contributed by atoms with van der Waals surface area (Å²) in [4.78, 5) is 63.3. The fraction of sp³-hybridized carbons (Fsp3) is 0.560. The van der Waals surface area contributed by atoms with Gasteiger partial charge in [-0.15, -0.1) is 4.28 Å². The Hall–Kier alpha value is -3.96. The second kappa shape index (κ2) is 12.9. The van der Waals surface area contributed by atoms with Crippen molar-refractivity contribution in [2.75, 3.05) is 6.54 Å². The molecule has 2 saturated heterocycles. The summed E-state index contributed by atoms with van der Waals surface area (Å²) in [5.74, 6) is -1.95. The molecule has 3 atom stereocenters. The highest BCUT2D eigenvalue weighted by molar-refractivity contribution is 7.80. The van der Waals surface area contributed by atoms with E-state index in [0.29, 0.717) is 10.6 Å². The van der Waals surface area contributed by atoms with E-state index >= 15 is 0 Å². The van der Waals surface area contributed by atoms with Crippen LogP contribution in [-0.2, 0) is 40.2 Å². The number of hydrogen-bond donors (Lipinski definition) is 4. The second-order valence-electron chi connectivity index (χ2n) is 11.2. The first-order chi connectivity index (χ1) is 19.4. The number of hydrogen-bond acceptors (Lipinski definition) is 10. The predicted octanol–water partition coefficient (Wildman–Crippen LogP) is 0.834. The molecule has 0 saturated carbocycles. The van der Waals surface area contributed by atoms with Crippen LogP contribution in [0.15, 0.2) is 24.3 Å². The van der Waals surface area contributed by atoms with Gasteiger partial charge in [0.1, 0.15) is 23.4 Å². The third-order valence-electron chi connectivity index (χ3n) is 6.22. The van der Waals surface area contributed by atoms with Crippen LogP contribution < -0.4 is 20.9 Å². The van der Waals surface area contributed by atoms with E-state index in [-0.39, 0.29) is 37.5 Å². The van der Waals surface area contributed by atoms with Gasteiger partial charge in [0.25, 0.3) is 5.91 Å². The Kier molecular flexibility index (Phi) is 10.0. The fourth-order valence-electron chi connectivity index (χ4n) is 4.35. The Morgan fingerprint density at radius 3 is 2.29 bits per heavy atom. The van der Waals surface area contributed by atoms with E-state index in [2.05, 4.69) is 20.5 Å². The van der Waals surface area contributed by atoms with Gasteiger partial charge in [-0.3, -0.25) is 25.0 Å². The largest absolute Gasteiger partial charge is 0.458 e. The molecule has 42 heavy (non-hydrogen) atoms. The van der Waals surface area contributed by atoms with Crippen LogP contribution in [0.3, 0.4) is 0 Å². The van der Waals surface area contributed by atoms with E-state index in [0.717, 1.165) is 4.90 Å². The van der Waals surface area contributed by atoms with Gasteiger partial charge < -0.3 is 19.7 Å². The first-order valence-electron chi connectivity index (χ1n) is 13.1. The molecular formula is C25H35N5O11S. The zero-order chi connectivity index (χ0) is 31.4. The fourth-order valence-corrected chi connectivity index (χ4v) is 4.74. The summed E-state index contributed by atoms with van der Waals surface area (Å²) in [6.45, 7) is 8.67. The maximum Gasteiger partial charge on any atom is 0.418 e. The molecule has 2 bridgehead atoms. The van der Waals surface area contributed by atoms with Crippen molar-refractivity contribution in [3.63, 3.8) is 0 Å². The number of hydroxylamine groups is 2. The number of benzene rings is 1. The smallest absolute Gasteiger partial charge is 0.418 e. The molecule has 2 fully saturated rings. The van der Waals surface area contributed by atoms with Gasteiger partial charge in [-0.1, -0.05) is 26.0 Å². The summed E-state index contributed by atoms with van der Waals surface area (Å²) in [5, 5.41) is 3.02. The molecule has 0 aliphatic carbocycles. The topological polar surface area (TPSA) is 210 Å². The first-order valence-corrected chi connectivity index (χ1v) is 14.5. The normalized spacial score (nSPS) is 19.3. The number of carbonyl (C=O) groups is 5. The highest BCUT2D eigenvalue weighted by Gasteiger charge is 2.49. The summed E-state index contributed by atoms with van der Waals surface area (Å²) in [5.41, 5.74) is 4.31. The van der Waals surface area contributed by atoms with E-state index in [1.165, 1.54) is 24.3 Å². The summed E-state index contributed by atoms with van der Waals surface area (Å²) in [6.07, 6.45) is -0.596. The minimum Gasteiger partial charge on any atom is -0.458 e. The molecule has 1 aromatic rings. The number of piperidine rings is 1. The average molecular weight is 614 g/mol. The number of carbonyl (C=O) groups excluding carboxylic acids is 5. The minimum absolute atomic E-state index is 0.00591. The third kappa shape index (κ3) is 9.02. The van der Waals surface area contributed by atoms with Crippen LogP contribution in [0.2, 0.25) is 0 Å². The highest BCUT2D eigenvalue weighted by Crippen LogP contribution is 2.30. The SMILES string of the molecule is CC(C)C(NC(=O)Oc1ccc(CC(=O)NNC(=O)C2CCC3CN2C(=O)N3OS(=O)(=O)O)cc1)C(=O)OC(C)(C)C. The van der Waals surface area contributed by atoms with Crippen LogP contribution in [0.1, 0.15) is 53.0 Å². The molecular weight excluding hydrogens is 578 g/mol. The van der Waals surface area contributed by atoms with E-state index in [1.54, 1.807) is 34.6 Å². The quantitative estimate of drug-likeness (QED) is 0.174. The van der Waals surface area contributed by atoms with E-state index in [4.69, 9.17) is 14.0 Å². The number of rotatable bonds is 9. The Morgan fingerprint density at radius 1 is 1.07 bits per heavy atom. The summed E-state index contributed by atoms with van der Waals surface area (Å²) >= 11 is 0. The molecule has 232 valence electrons. The lowest BCUT2D eigenvalue weighted by Crippen LogP contribution is -2.54. The molecule has 2 heterocycles. The Balaban J connectivity index is 1.47. The lowest BCUT2D eigenvalue weighted by Gasteiger charge is -2.29. The number of nitrogens with one attached hydrogen (secondary N) is 3. The van der Waals surface area contributed by atoms with Crippen molar-refractivity contribution < 1.29 is 50.7 Å². The van der Waals surface area contributed by atoms with Crippen molar-refractivity contribution >= 4 is 40.3 Å². The number of hydrazine groups is 1. The van der Waals surface area contributed by atoms with Crippen molar-refractivity contribution in [2.24, 2.45) is 5.92 Å². The average Bonchev–Trinajstić information content (AvgIpc) is 3.09. The Labute approximate surface area is 242 Å². The lowest BCUT2D eigenvalue weighted by atomic mass is 10.0. The maximum absolute atomic E-state index is 12.6. The third-order valence-corrected chi connectivity index (χ3v) is 6.57. The molecule has 4 N–H and O–H groups in total. The predicted molar refractivity (Wildman–Crippen MR) is 143 cm³/mol. The van der Waals surface area contributed by atoms with Crippen molar-refractivity contribution in [1.29, 1.82) is 0 Å². The van der Waals surface area contributed by atoms with Crippen LogP contribution in [0.5, 0.6) is 5.75 Å². The Bertz CT molecular complexity index is 1310. The lowest BCUT2D eigenvalue weighted by molar-refractivity contribution is -0.158. The zero-order valence-electron chi connectivity index (χ0n) is 23.8.